The van der Waals surface area contributed by atoms with Crippen molar-refractivity contribution in [1.82, 2.24) is 10.6 Å². The molecule has 0 unspecified atom stereocenters. The number of piperazine rings is 1. The summed E-state index contributed by atoms with van der Waals surface area (Å²) in [5, 5.41) is 8.82. The van der Waals surface area contributed by atoms with E-state index in [0.29, 0.717) is 22.5 Å². The van der Waals surface area contributed by atoms with Crippen LogP contribution < -0.4 is 20.9 Å². The second kappa shape index (κ2) is 8.79. The third-order valence-corrected chi connectivity index (χ3v) is 6.11. The van der Waals surface area contributed by atoms with Crippen molar-refractivity contribution >= 4 is 28.8 Å². The number of carbonyl (C=O) groups is 2. The van der Waals surface area contributed by atoms with Gasteiger partial charge in [0, 0.05) is 53.8 Å². The summed E-state index contributed by atoms with van der Waals surface area (Å²) in [6.45, 7) is 5.61. The molecule has 3 N–H and O–H groups in total. The van der Waals surface area contributed by atoms with Gasteiger partial charge in [-0.15, -0.1) is 0 Å². The zero-order chi connectivity index (χ0) is 23.8. The van der Waals surface area contributed by atoms with Crippen LogP contribution in [0.4, 0.5) is 15.8 Å². The molecule has 0 spiro atoms. The van der Waals surface area contributed by atoms with Crippen molar-refractivity contribution in [3.8, 4) is 11.1 Å². The Hall–Kier alpha value is -3.91. The number of amides is 2. The summed E-state index contributed by atoms with van der Waals surface area (Å²) in [4.78, 5) is 27.0. The van der Waals surface area contributed by atoms with Gasteiger partial charge in [0.15, 0.2) is 0 Å². The minimum Gasteiger partial charge on any atom is -0.472 e. The van der Waals surface area contributed by atoms with Crippen LogP contribution in [0.3, 0.4) is 0 Å². The fourth-order valence-corrected chi connectivity index (χ4v) is 4.61. The minimum absolute atomic E-state index is 0.269. The lowest BCUT2D eigenvalue weighted by Crippen LogP contribution is -2.54. The number of hydrogen-bond acceptors (Lipinski definition) is 6. The first kappa shape index (κ1) is 21.9. The first-order chi connectivity index (χ1) is 16.4. The topological polar surface area (TPSA) is 86.6 Å². The normalized spacial score (nSPS) is 21.4. The molecular weight excluding hydrogens is 435 g/mol. The van der Waals surface area contributed by atoms with Crippen LogP contribution in [0, 0.1) is 5.82 Å². The number of imide groups is 1. The number of fused-ring (bicyclic) bond motifs is 1. The van der Waals surface area contributed by atoms with E-state index in [1.807, 2.05) is 4.90 Å². The number of anilines is 2. The van der Waals surface area contributed by atoms with Gasteiger partial charge in [0.1, 0.15) is 5.82 Å². The lowest BCUT2D eigenvalue weighted by Gasteiger charge is -2.37. The molecule has 1 fully saturated rings. The molecule has 2 amide bonds. The van der Waals surface area contributed by atoms with E-state index in [1.54, 1.807) is 48.9 Å². The SMILES string of the molecule is C[C@@H]1CN(c2ccc(N/C=C3\C(=O)NC(=O)c4ccc(-c5ccoc5)cc43)cc2F)C[C@H](C)N1. The first-order valence-corrected chi connectivity index (χ1v) is 11.2. The summed E-state index contributed by atoms with van der Waals surface area (Å²) < 4.78 is 20.1. The second-order valence-corrected chi connectivity index (χ2v) is 8.80. The van der Waals surface area contributed by atoms with Gasteiger partial charge < -0.3 is 20.0 Å². The largest absolute Gasteiger partial charge is 0.472 e. The van der Waals surface area contributed by atoms with Gasteiger partial charge in [0.2, 0.25) is 0 Å². The monoisotopic (exact) mass is 460 g/mol. The molecule has 0 bridgehead atoms. The molecule has 2 aliphatic rings. The van der Waals surface area contributed by atoms with Crippen molar-refractivity contribution in [2.24, 2.45) is 0 Å². The van der Waals surface area contributed by atoms with E-state index >= 15 is 0 Å². The molecule has 2 atom stereocenters. The Morgan fingerprint density at radius 3 is 2.50 bits per heavy atom. The van der Waals surface area contributed by atoms with E-state index in [-0.39, 0.29) is 23.5 Å². The summed E-state index contributed by atoms with van der Waals surface area (Å²) in [5.74, 6) is -1.31. The highest BCUT2D eigenvalue weighted by molar-refractivity contribution is 6.31. The number of benzene rings is 2. The van der Waals surface area contributed by atoms with Crippen molar-refractivity contribution < 1.29 is 18.4 Å². The van der Waals surface area contributed by atoms with Crippen LogP contribution in [0.2, 0.25) is 0 Å². The van der Waals surface area contributed by atoms with E-state index in [0.717, 1.165) is 24.2 Å². The van der Waals surface area contributed by atoms with Gasteiger partial charge in [-0.25, -0.2) is 4.39 Å². The zero-order valence-corrected chi connectivity index (χ0v) is 18.9. The van der Waals surface area contributed by atoms with Crippen LogP contribution in [0.5, 0.6) is 0 Å². The smallest absolute Gasteiger partial charge is 0.260 e. The quantitative estimate of drug-likeness (QED) is 0.403. The molecule has 0 radical (unpaired) electrons. The highest BCUT2D eigenvalue weighted by Crippen LogP contribution is 2.31. The third kappa shape index (κ3) is 4.20. The number of nitrogens with zero attached hydrogens (tertiary/aromatic N) is 1. The van der Waals surface area contributed by atoms with E-state index in [4.69, 9.17) is 4.42 Å². The van der Waals surface area contributed by atoms with Gasteiger partial charge in [-0.3, -0.25) is 14.9 Å². The van der Waals surface area contributed by atoms with E-state index in [1.165, 1.54) is 12.3 Å². The molecule has 2 aromatic carbocycles. The van der Waals surface area contributed by atoms with Crippen molar-refractivity contribution in [2.75, 3.05) is 23.3 Å². The van der Waals surface area contributed by atoms with Crippen LogP contribution in [0.25, 0.3) is 16.7 Å². The Morgan fingerprint density at radius 2 is 1.79 bits per heavy atom. The van der Waals surface area contributed by atoms with Crippen LogP contribution >= 0.6 is 0 Å². The average Bonchev–Trinajstić information content (AvgIpc) is 3.33. The zero-order valence-electron chi connectivity index (χ0n) is 18.9. The van der Waals surface area contributed by atoms with E-state index in [2.05, 4.69) is 29.8 Å². The molecule has 3 heterocycles. The van der Waals surface area contributed by atoms with Crippen LogP contribution in [-0.4, -0.2) is 37.0 Å². The number of carbonyl (C=O) groups excluding carboxylic acids is 2. The Labute approximate surface area is 196 Å². The van der Waals surface area contributed by atoms with Gasteiger partial charge >= 0.3 is 0 Å². The molecule has 7 nitrogen and oxygen atoms in total. The Morgan fingerprint density at radius 1 is 1.00 bits per heavy atom. The summed E-state index contributed by atoms with van der Waals surface area (Å²) in [6, 6.07) is 12.5. The fraction of sp³-hybridized carbons (Fsp3) is 0.231. The molecule has 1 aromatic heterocycles. The van der Waals surface area contributed by atoms with Crippen LogP contribution in [0.1, 0.15) is 29.8 Å². The highest BCUT2D eigenvalue weighted by Gasteiger charge is 2.28. The van der Waals surface area contributed by atoms with Crippen LogP contribution in [-0.2, 0) is 4.79 Å². The van der Waals surface area contributed by atoms with Gasteiger partial charge in [-0.1, -0.05) is 6.07 Å². The minimum atomic E-state index is -0.518. The number of halogens is 1. The molecule has 2 aliphatic heterocycles. The summed E-state index contributed by atoms with van der Waals surface area (Å²) in [5.41, 5.74) is 3.88. The summed E-state index contributed by atoms with van der Waals surface area (Å²) in [6.07, 6.45) is 4.66. The molecule has 0 saturated carbocycles. The van der Waals surface area contributed by atoms with Crippen LogP contribution in [0.15, 0.2) is 65.6 Å². The lowest BCUT2D eigenvalue weighted by atomic mass is 9.92. The second-order valence-electron chi connectivity index (χ2n) is 8.80. The molecule has 8 heteroatoms. The molecule has 3 aromatic rings. The van der Waals surface area contributed by atoms with E-state index < -0.39 is 11.8 Å². The highest BCUT2D eigenvalue weighted by atomic mass is 19.1. The maximum absolute atomic E-state index is 15.0. The standard InChI is InChI=1S/C26H25FN4O3/c1-15-12-31(13-16(2)29-15)24-6-4-19(10-23(24)27)28-11-22-21-9-17(18-7-8-34-14-18)3-5-20(21)25(32)30-26(22)33/h3-11,14-16,28-29H,12-13H2,1-2H3,(H,30,32,33)/b22-11-/t15-,16+. The Bertz CT molecular complexity index is 1280. The van der Waals surface area contributed by atoms with Gasteiger partial charge in [0.05, 0.1) is 23.8 Å². The van der Waals surface area contributed by atoms with Crippen molar-refractivity contribution in [1.29, 1.82) is 0 Å². The molecule has 5 rings (SSSR count). The molecule has 34 heavy (non-hydrogen) atoms. The van der Waals surface area contributed by atoms with Gasteiger partial charge in [-0.2, -0.15) is 0 Å². The average molecular weight is 461 g/mol. The maximum Gasteiger partial charge on any atom is 0.260 e. The lowest BCUT2D eigenvalue weighted by molar-refractivity contribution is -0.114. The van der Waals surface area contributed by atoms with Crippen molar-refractivity contribution in [2.45, 2.75) is 25.9 Å². The fourth-order valence-electron chi connectivity index (χ4n) is 4.61. The van der Waals surface area contributed by atoms with Gasteiger partial charge in [-0.05, 0) is 55.8 Å². The van der Waals surface area contributed by atoms with E-state index in [9.17, 15) is 14.0 Å². The maximum atomic E-state index is 15.0. The third-order valence-electron chi connectivity index (χ3n) is 6.11. The predicted molar refractivity (Wildman–Crippen MR) is 129 cm³/mol. The molecular formula is C26H25FN4O3. The summed E-state index contributed by atoms with van der Waals surface area (Å²) >= 11 is 0. The first-order valence-electron chi connectivity index (χ1n) is 11.2. The Kier molecular flexibility index (Phi) is 5.67. The molecule has 1 saturated heterocycles. The van der Waals surface area contributed by atoms with Crippen molar-refractivity contribution in [3.63, 3.8) is 0 Å². The summed E-state index contributed by atoms with van der Waals surface area (Å²) in [7, 11) is 0. The predicted octanol–water partition coefficient (Wildman–Crippen LogP) is 4.00. The molecule has 0 aliphatic carbocycles. The number of rotatable bonds is 4. The van der Waals surface area contributed by atoms with Crippen molar-refractivity contribution in [3.05, 3.63) is 78.1 Å². The molecule has 174 valence electrons. The Balaban J connectivity index is 1.43. The number of hydrogen-bond donors (Lipinski definition) is 3. The number of nitrogens with one attached hydrogen (secondary N) is 3. The van der Waals surface area contributed by atoms with Gasteiger partial charge in [0.25, 0.3) is 11.8 Å². The number of furan rings is 1.